The van der Waals surface area contributed by atoms with Crippen molar-refractivity contribution < 1.29 is 4.79 Å². The van der Waals surface area contributed by atoms with Crippen molar-refractivity contribution in [1.29, 1.82) is 0 Å². The Hall–Kier alpha value is -0.320. The number of carbonyl (C=O) groups is 1. The molecular formula is C17H34ClN3O. The average Bonchev–Trinajstić information content (AvgIpc) is 2.48. The van der Waals surface area contributed by atoms with Crippen LogP contribution in [0.15, 0.2) is 0 Å². The van der Waals surface area contributed by atoms with Crippen LogP contribution in [-0.4, -0.2) is 55.0 Å². The first-order valence-electron chi connectivity index (χ1n) is 8.78. The molecule has 0 spiro atoms. The van der Waals surface area contributed by atoms with Gasteiger partial charge in [0.25, 0.3) is 0 Å². The number of nitrogens with zero attached hydrogens (tertiary/aromatic N) is 2. The molecule has 1 unspecified atom stereocenters. The van der Waals surface area contributed by atoms with Crippen LogP contribution in [0, 0.1) is 11.8 Å². The Kier molecular flexibility index (Phi) is 8.73. The highest BCUT2D eigenvalue weighted by Crippen LogP contribution is 2.26. The predicted molar refractivity (Wildman–Crippen MR) is 94.3 cm³/mol. The number of likely N-dealkylation sites (N-methyl/N-ethyl adjacent to an activating group) is 1. The number of hydrogen-bond donors (Lipinski definition) is 1. The van der Waals surface area contributed by atoms with Gasteiger partial charge in [0.1, 0.15) is 0 Å². The van der Waals surface area contributed by atoms with E-state index in [1.54, 1.807) is 0 Å². The van der Waals surface area contributed by atoms with Crippen LogP contribution in [-0.2, 0) is 4.79 Å². The fourth-order valence-electron chi connectivity index (χ4n) is 3.90. The Morgan fingerprint density at radius 2 is 1.91 bits per heavy atom. The molecule has 22 heavy (non-hydrogen) atoms. The molecule has 130 valence electrons. The topological polar surface area (TPSA) is 49.6 Å². The van der Waals surface area contributed by atoms with Crippen LogP contribution in [0.1, 0.15) is 51.9 Å². The molecule has 1 aliphatic heterocycles. The standard InChI is InChI=1S/C17H33N3O.ClH/c1-14-5-7-16(8-6-14)19(2)17(21)13-20-11-3-4-15(12-20)9-10-18;/h14-16H,3-13,18H2,1-2H3;1H. The van der Waals surface area contributed by atoms with Crippen molar-refractivity contribution in [3.63, 3.8) is 0 Å². The minimum absolute atomic E-state index is 0. The molecular weight excluding hydrogens is 298 g/mol. The van der Waals surface area contributed by atoms with Gasteiger partial charge in [-0.2, -0.15) is 0 Å². The highest BCUT2D eigenvalue weighted by atomic mass is 35.5. The molecule has 0 aromatic rings. The largest absolute Gasteiger partial charge is 0.342 e. The maximum absolute atomic E-state index is 12.5. The van der Waals surface area contributed by atoms with E-state index >= 15 is 0 Å². The fourth-order valence-corrected chi connectivity index (χ4v) is 3.90. The normalized spacial score (nSPS) is 29.7. The molecule has 4 nitrogen and oxygen atoms in total. The smallest absolute Gasteiger partial charge is 0.236 e. The van der Waals surface area contributed by atoms with Gasteiger partial charge in [-0.3, -0.25) is 9.69 Å². The Balaban J connectivity index is 0.00000242. The van der Waals surface area contributed by atoms with Gasteiger partial charge in [0.2, 0.25) is 5.91 Å². The van der Waals surface area contributed by atoms with E-state index in [9.17, 15) is 4.79 Å². The van der Waals surface area contributed by atoms with Crippen molar-refractivity contribution in [2.75, 3.05) is 33.2 Å². The van der Waals surface area contributed by atoms with Crippen molar-refractivity contribution in [3.8, 4) is 0 Å². The molecule has 0 aromatic heterocycles. The van der Waals surface area contributed by atoms with Gasteiger partial charge in [0, 0.05) is 19.6 Å². The molecule has 1 heterocycles. The van der Waals surface area contributed by atoms with Gasteiger partial charge in [-0.15, -0.1) is 12.4 Å². The Morgan fingerprint density at radius 1 is 1.23 bits per heavy atom. The van der Waals surface area contributed by atoms with E-state index < -0.39 is 0 Å². The van der Waals surface area contributed by atoms with Crippen LogP contribution in [0.2, 0.25) is 0 Å². The summed E-state index contributed by atoms with van der Waals surface area (Å²) < 4.78 is 0. The van der Waals surface area contributed by atoms with Gasteiger partial charge < -0.3 is 10.6 Å². The van der Waals surface area contributed by atoms with E-state index in [1.165, 1.54) is 38.5 Å². The van der Waals surface area contributed by atoms with Crippen molar-refractivity contribution in [1.82, 2.24) is 9.80 Å². The summed E-state index contributed by atoms with van der Waals surface area (Å²) in [6.45, 7) is 5.82. The summed E-state index contributed by atoms with van der Waals surface area (Å²) in [6, 6.07) is 0.471. The third-order valence-electron chi connectivity index (χ3n) is 5.46. The third kappa shape index (κ3) is 5.71. The number of hydrogen-bond acceptors (Lipinski definition) is 3. The second-order valence-electron chi connectivity index (χ2n) is 7.24. The SMILES string of the molecule is CC1CCC(N(C)C(=O)CN2CCCC(CCN)C2)CC1.Cl. The predicted octanol–water partition coefficient (Wildman–Crippen LogP) is 2.51. The van der Waals surface area contributed by atoms with Gasteiger partial charge in [0.15, 0.2) is 0 Å². The maximum Gasteiger partial charge on any atom is 0.236 e. The average molecular weight is 332 g/mol. The molecule has 1 aliphatic carbocycles. The second-order valence-corrected chi connectivity index (χ2v) is 7.24. The highest BCUT2D eigenvalue weighted by molar-refractivity contribution is 5.85. The lowest BCUT2D eigenvalue weighted by Gasteiger charge is -2.37. The number of rotatable bonds is 5. The zero-order valence-corrected chi connectivity index (χ0v) is 15.1. The number of nitrogens with two attached hydrogens (primary N) is 1. The molecule has 2 aliphatic rings. The van der Waals surface area contributed by atoms with Crippen LogP contribution in [0.5, 0.6) is 0 Å². The monoisotopic (exact) mass is 331 g/mol. The Bertz CT molecular complexity index is 330. The summed E-state index contributed by atoms with van der Waals surface area (Å²) in [6.07, 6.45) is 8.48. The van der Waals surface area contributed by atoms with Crippen LogP contribution in [0.3, 0.4) is 0 Å². The molecule has 1 atom stereocenters. The molecule has 2 rings (SSSR count). The first kappa shape index (κ1) is 19.7. The molecule has 2 N–H and O–H groups in total. The summed E-state index contributed by atoms with van der Waals surface area (Å²) in [5.74, 6) is 1.84. The molecule has 2 fully saturated rings. The van der Waals surface area contributed by atoms with Crippen molar-refractivity contribution in [2.24, 2.45) is 17.6 Å². The molecule has 1 amide bonds. The molecule has 5 heteroatoms. The quantitative estimate of drug-likeness (QED) is 0.842. The van der Waals surface area contributed by atoms with Gasteiger partial charge >= 0.3 is 0 Å². The van der Waals surface area contributed by atoms with Crippen LogP contribution >= 0.6 is 12.4 Å². The van der Waals surface area contributed by atoms with Gasteiger partial charge in [0.05, 0.1) is 6.54 Å². The number of amides is 1. The van der Waals surface area contributed by atoms with E-state index in [4.69, 9.17) is 5.73 Å². The molecule has 0 radical (unpaired) electrons. The van der Waals surface area contributed by atoms with Crippen LogP contribution in [0.25, 0.3) is 0 Å². The first-order chi connectivity index (χ1) is 10.1. The molecule has 0 bridgehead atoms. The number of likely N-dealkylation sites (tertiary alicyclic amines) is 1. The van der Waals surface area contributed by atoms with E-state index in [2.05, 4.69) is 11.8 Å². The summed E-state index contributed by atoms with van der Waals surface area (Å²) in [5.41, 5.74) is 5.67. The van der Waals surface area contributed by atoms with E-state index in [0.29, 0.717) is 24.4 Å². The molecule has 1 saturated heterocycles. The number of halogens is 1. The fraction of sp³-hybridized carbons (Fsp3) is 0.941. The summed E-state index contributed by atoms with van der Waals surface area (Å²) in [7, 11) is 2.00. The lowest BCUT2D eigenvalue weighted by molar-refractivity contribution is -0.134. The lowest BCUT2D eigenvalue weighted by Crippen LogP contribution is -2.47. The number of piperidine rings is 1. The zero-order valence-electron chi connectivity index (χ0n) is 14.3. The summed E-state index contributed by atoms with van der Waals surface area (Å²) in [4.78, 5) is 16.9. The number of carbonyl (C=O) groups excluding carboxylic acids is 1. The Morgan fingerprint density at radius 3 is 2.55 bits per heavy atom. The highest BCUT2D eigenvalue weighted by Gasteiger charge is 2.27. The van der Waals surface area contributed by atoms with Gasteiger partial charge in [-0.1, -0.05) is 6.92 Å². The van der Waals surface area contributed by atoms with Gasteiger partial charge in [-0.25, -0.2) is 0 Å². The minimum Gasteiger partial charge on any atom is -0.342 e. The molecule has 1 saturated carbocycles. The third-order valence-corrected chi connectivity index (χ3v) is 5.46. The Labute approximate surface area is 142 Å². The molecule has 0 aromatic carbocycles. The maximum atomic E-state index is 12.5. The summed E-state index contributed by atoms with van der Waals surface area (Å²) in [5, 5.41) is 0. The van der Waals surface area contributed by atoms with Crippen molar-refractivity contribution >= 4 is 18.3 Å². The van der Waals surface area contributed by atoms with Crippen molar-refractivity contribution in [2.45, 2.75) is 57.9 Å². The first-order valence-corrected chi connectivity index (χ1v) is 8.78. The zero-order chi connectivity index (χ0) is 15.2. The van der Waals surface area contributed by atoms with Gasteiger partial charge in [-0.05, 0) is 69.9 Å². The van der Waals surface area contributed by atoms with E-state index in [0.717, 1.165) is 32.0 Å². The van der Waals surface area contributed by atoms with Crippen LogP contribution < -0.4 is 5.73 Å². The second kappa shape index (κ2) is 9.74. The van der Waals surface area contributed by atoms with E-state index in [-0.39, 0.29) is 12.4 Å². The minimum atomic E-state index is 0. The summed E-state index contributed by atoms with van der Waals surface area (Å²) >= 11 is 0. The van der Waals surface area contributed by atoms with Crippen molar-refractivity contribution in [3.05, 3.63) is 0 Å². The lowest BCUT2D eigenvalue weighted by atomic mass is 9.87. The van der Waals surface area contributed by atoms with E-state index in [1.807, 2.05) is 11.9 Å². The van der Waals surface area contributed by atoms with Crippen LogP contribution in [0.4, 0.5) is 0 Å².